The SMILES string of the molecule is COC(=O)CCNC(=O)[C@@H]1OP(=O)(C[C@@H](Cc2cccnc2)C(=O)OCc2ccccc2)OCC1(C)C. The van der Waals surface area contributed by atoms with Crippen LogP contribution in [0.3, 0.4) is 0 Å². The average molecular weight is 533 g/mol. The Kier molecular flexibility index (Phi) is 9.97. The summed E-state index contributed by atoms with van der Waals surface area (Å²) in [5.74, 6) is -2.40. The molecule has 1 aromatic heterocycles. The zero-order valence-electron chi connectivity index (χ0n) is 21.3. The molecule has 1 amide bonds. The molecule has 37 heavy (non-hydrogen) atoms. The zero-order chi connectivity index (χ0) is 26.9. The predicted octanol–water partition coefficient (Wildman–Crippen LogP) is 3.30. The van der Waals surface area contributed by atoms with Gasteiger partial charge < -0.3 is 19.3 Å². The third-order valence-electron chi connectivity index (χ3n) is 5.91. The van der Waals surface area contributed by atoms with Crippen LogP contribution in [-0.2, 0) is 50.5 Å². The van der Waals surface area contributed by atoms with Crippen LogP contribution in [0.1, 0.15) is 31.4 Å². The molecular formula is C26H33N2O8P. The maximum atomic E-state index is 13.7. The first-order valence-corrected chi connectivity index (χ1v) is 13.7. The van der Waals surface area contributed by atoms with Crippen molar-refractivity contribution < 1.29 is 37.5 Å². The van der Waals surface area contributed by atoms with E-state index >= 15 is 0 Å². The van der Waals surface area contributed by atoms with E-state index in [2.05, 4.69) is 15.0 Å². The van der Waals surface area contributed by atoms with Gasteiger partial charge in [0.25, 0.3) is 0 Å². The number of rotatable bonds is 11. The molecule has 0 bridgehead atoms. The van der Waals surface area contributed by atoms with Crippen LogP contribution in [0.4, 0.5) is 0 Å². The Balaban J connectivity index is 1.72. The summed E-state index contributed by atoms with van der Waals surface area (Å²) in [6, 6.07) is 12.8. The number of pyridine rings is 1. The Morgan fingerprint density at radius 2 is 1.89 bits per heavy atom. The first kappa shape index (κ1) is 28.5. The largest absolute Gasteiger partial charge is 0.469 e. The van der Waals surface area contributed by atoms with Crippen LogP contribution in [0, 0.1) is 11.3 Å². The standard InChI is InChI=1S/C26H33N2O8P/c1-26(2)18-35-37(32,36-23(26)24(30)28-13-11-22(29)33-3)17-21(14-20-10-7-12-27-15-20)25(31)34-16-19-8-5-4-6-9-19/h4-10,12,15,21,23H,11,13-14,16-18H2,1-3H3,(H,28,30)/t21-,23+,37?/m1/s1. The summed E-state index contributed by atoms with van der Waals surface area (Å²) < 4.78 is 35.3. The highest BCUT2D eigenvalue weighted by Gasteiger charge is 2.49. The highest BCUT2D eigenvalue weighted by molar-refractivity contribution is 7.54. The maximum absolute atomic E-state index is 13.7. The van der Waals surface area contributed by atoms with Crippen molar-refractivity contribution in [1.82, 2.24) is 10.3 Å². The molecule has 200 valence electrons. The van der Waals surface area contributed by atoms with Gasteiger partial charge in [-0.2, -0.15) is 0 Å². The van der Waals surface area contributed by atoms with Gasteiger partial charge in [0.2, 0.25) is 5.91 Å². The van der Waals surface area contributed by atoms with Gasteiger partial charge in [0, 0.05) is 24.4 Å². The average Bonchev–Trinajstić information content (AvgIpc) is 2.89. The van der Waals surface area contributed by atoms with Gasteiger partial charge in [-0.3, -0.25) is 28.5 Å². The van der Waals surface area contributed by atoms with E-state index in [0.717, 1.165) is 11.1 Å². The van der Waals surface area contributed by atoms with Gasteiger partial charge in [0.15, 0.2) is 6.10 Å². The number of carbonyl (C=O) groups is 3. The lowest BCUT2D eigenvalue weighted by molar-refractivity contribution is -0.149. The van der Waals surface area contributed by atoms with Crippen LogP contribution >= 0.6 is 7.60 Å². The lowest BCUT2D eigenvalue weighted by Crippen LogP contribution is -2.50. The quantitative estimate of drug-likeness (QED) is 0.342. The molecule has 1 N–H and O–H groups in total. The summed E-state index contributed by atoms with van der Waals surface area (Å²) in [6.07, 6.45) is 2.06. The molecule has 1 saturated heterocycles. The van der Waals surface area contributed by atoms with Gasteiger partial charge in [0.1, 0.15) is 6.61 Å². The second-order valence-corrected chi connectivity index (χ2v) is 11.6. The summed E-state index contributed by atoms with van der Waals surface area (Å²) in [6.45, 7) is 3.60. The molecule has 3 atom stereocenters. The van der Waals surface area contributed by atoms with E-state index in [1.54, 1.807) is 32.3 Å². The molecule has 0 aliphatic carbocycles. The number of hydrogen-bond donors (Lipinski definition) is 1. The Labute approximate surface area is 216 Å². The molecule has 1 fully saturated rings. The number of aromatic nitrogens is 1. The van der Waals surface area contributed by atoms with Crippen LogP contribution in [0.15, 0.2) is 54.9 Å². The highest BCUT2D eigenvalue weighted by atomic mass is 31.2. The number of amides is 1. The number of nitrogens with zero attached hydrogens (tertiary/aromatic N) is 1. The first-order chi connectivity index (χ1) is 17.6. The molecule has 1 unspecified atom stereocenters. The van der Waals surface area contributed by atoms with Crippen molar-refractivity contribution >= 4 is 25.4 Å². The van der Waals surface area contributed by atoms with E-state index in [0.29, 0.717) is 0 Å². The van der Waals surface area contributed by atoms with E-state index in [4.69, 9.17) is 13.8 Å². The molecule has 0 saturated carbocycles. The fourth-order valence-corrected chi connectivity index (χ4v) is 6.10. The van der Waals surface area contributed by atoms with Gasteiger partial charge in [-0.05, 0) is 23.6 Å². The molecule has 2 aromatic rings. The number of nitrogens with one attached hydrogen (secondary N) is 1. The van der Waals surface area contributed by atoms with Gasteiger partial charge in [-0.1, -0.05) is 50.2 Å². The number of esters is 2. The van der Waals surface area contributed by atoms with E-state index in [1.165, 1.54) is 7.11 Å². The number of carbonyl (C=O) groups excluding carboxylic acids is 3. The van der Waals surface area contributed by atoms with Crippen molar-refractivity contribution in [1.29, 1.82) is 0 Å². The number of hydrogen-bond acceptors (Lipinski definition) is 9. The third kappa shape index (κ3) is 8.49. The normalized spacial score (nSPS) is 21.4. The fourth-order valence-electron chi connectivity index (χ4n) is 3.80. The Bertz CT molecular complexity index is 1110. The lowest BCUT2D eigenvalue weighted by atomic mass is 9.87. The monoisotopic (exact) mass is 532 g/mol. The van der Waals surface area contributed by atoms with Crippen molar-refractivity contribution in [2.24, 2.45) is 11.3 Å². The first-order valence-electron chi connectivity index (χ1n) is 12.0. The van der Waals surface area contributed by atoms with Crippen LogP contribution in [-0.4, -0.2) is 55.4 Å². The zero-order valence-corrected chi connectivity index (χ0v) is 22.1. The molecule has 0 radical (unpaired) electrons. The van der Waals surface area contributed by atoms with Crippen LogP contribution in [0.25, 0.3) is 0 Å². The Morgan fingerprint density at radius 1 is 1.16 bits per heavy atom. The van der Waals surface area contributed by atoms with Gasteiger partial charge in [0.05, 0.1) is 32.2 Å². The van der Waals surface area contributed by atoms with Gasteiger partial charge in [-0.15, -0.1) is 0 Å². The number of methoxy groups -OCH3 is 1. The number of ether oxygens (including phenoxy) is 2. The van der Waals surface area contributed by atoms with E-state index in [9.17, 15) is 18.9 Å². The maximum Gasteiger partial charge on any atom is 0.332 e. The minimum Gasteiger partial charge on any atom is -0.469 e. The van der Waals surface area contributed by atoms with Crippen molar-refractivity contribution in [3.63, 3.8) is 0 Å². The van der Waals surface area contributed by atoms with Crippen molar-refractivity contribution in [3.05, 3.63) is 66.0 Å². The second kappa shape index (κ2) is 12.9. The van der Waals surface area contributed by atoms with Crippen LogP contribution in [0.5, 0.6) is 0 Å². The van der Waals surface area contributed by atoms with Crippen LogP contribution in [0.2, 0.25) is 0 Å². The van der Waals surface area contributed by atoms with Crippen molar-refractivity contribution in [2.45, 2.75) is 39.4 Å². The highest BCUT2D eigenvalue weighted by Crippen LogP contribution is 2.57. The minimum atomic E-state index is -3.88. The summed E-state index contributed by atoms with van der Waals surface area (Å²) >= 11 is 0. The van der Waals surface area contributed by atoms with E-state index in [-0.39, 0.29) is 38.8 Å². The Hall–Kier alpha value is -3.07. The second-order valence-electron chi connectivity index (χ2n) is 9.51. The predicted molar refractivity (Wildman–Crippen MR) is 134 cm³/mol. The molecular weight excluding hydrogens is 499 g/mol. The minimum absolute atomic E-state index is 0.00993. The summed E-state index contributed by atoms with van der Waals surface area (Å²) in [4.78, 5) is 41.4. The van der Waals surface area contributed by atoms with Gasteiger partial charge in [-0.25, -0.2) is 0 Å². The molecule has 11 heteroatoms. The molecule has 3 rings (SSSR count). The Morgan fingerprint density at radius 3 is 2.57 bits per heavy atom. The van der Waals surface area contributed by atoms with E-state index in [1.807, 2.05) is 36.4 Å². The van der Waals surface area contributed by atoms with Crippen molar-refractivity contribution in [3.8, 4) is 0 Å². The molecule has 1 aliphatic heterocycles. The molecule has 0 spiro atoms. The van der Waals surface area contributed by atoms with E-state index < -0.39 is 42.9 Å². The smallest absolute Gasteiger partial charge is 0.332 e. The summed E-state index contributed by atoms with van der Waals surface area (Å²) in [5, 5.41) is 2.62. The molecule has 1 aliphatic rings. The van der Waals surface area contributed by atoms with Gasteiger partial charge >= 0.3 is 19.5 Å². The number of benzene rings is 1. The third-order valence-corrected chi connectivity index (χ3v) is 7.85. The van der Waals surface area contributed by atoms with Crippen LogP contribution < -0.4 is 5.32 Å². The molecule has 1 aromatic carbocycles. The lowest BCUT2D eigenvalue weighted by Gasteiger charge is -2.41. The molecule has 2 heterocycles. The fraction of sp³-hybridized carbons (Fsp3) is 0.462. The summed E-state index contributed by atoms with van der Waals surface area (Å²) in [7, 11) is -2.61. The van der Waals surface area contributed by atoms with Crippen molar-refractivity contribution in [2.75, 3.05) is 26.4 Å². The topological polar surface area (TPSA) is 130 Å². The summed E-state index contributed by atoms with van der Waals surface area (Å²) in [5.41, 5.74) is 0.777. The molecule has 10 nitrogen and oxygen atoms in total.